The zero-order valence-corrected chi connectivity index (χ0v) is 21.3. The van der Waals surface area contributed by atoms with Crippen LogP contribution in [-0.2, 0) is 4.79 Å². The molecule has 0 spiro atoms. The first-order chi connectivity index (χ1) is 16.8. The Morgan fingerprint density at radius 3 is 2.34 bits per heavy atom. The predicted molar refractivity (Wildman–Crippen MR) is 143 cm³/mol. The van der Waals surface area contributed by atoms with Gasteiger partial charge in [0.15, 0.2) is 10.7 Å². The number of oxazole rings is 1. The number of thiocarbonyl (C=S) groups is 1. The second-order valence-corrected chi connectivity index (χ2v) is 12.0. The molecule has 1 aromatic heterocycles. The summed E-state index contributed by atoms with van der Waals surface area (Å²) in [5.41, 5.74) is 4.84. The molecular formula is C29H33N3O2S. The highest BCUT2D eigenvalue weighted by Crippen LogP contribution is 2.61. The Labute approximate surface area is 212 Å². The summed E-state index contributed by atoms with van der Waals surface area (Å²) in [6.45, 7) is 4.34. The van der Waals surface area contributed by atoms with Crippen molar-refractivity contribution >= 4 is 40.0 Å². The molecule has 7 rings (SSSR count). The topological polar surface area (TPSA) is 67.2 Å². The molecule has 4 saturated carbocycles. The van der Waals surface area contributed by atoms with E-state index in [1.165, 1.54) is 44.1 Å². The number of carbonyl (C=O) groups is 1. The number of benzene rings is 2. The molecule has 0 unspecified atom stereocenters. The first kappa shape index (κ1) is 22.7. The molecule has 4 fully saturated rings. The Hall–Kier alpha value is -2.73. The van der Waals surface area contributed by atoms with Gasteiger partial charge in [-0.2, -0.15) is 0 Å². The molecule has 35 heavy (non-hydrogen) atoms. The van der Waals surface area contributed by atoms with Gasteiger partial charge in [-0.05, 0) is 122 Å². The normalized spacial score (nSPS) is 26.9. The van der Waals surface area contributed by atoms with Crippen LogP contribution in [0.2, 0.25) is 0 Å². The number of hydrogen-bond donors (Lipinski definition) is 2. The van der Waals surface area contributed by atoms with Gasteiger partial charge in [-0.25, -0.2) is 4.98 Å². The van der Waals surface area contributed by atoms with Crippen LogP contribution in [0.15, 0.2) is 46.9 Å². The van der Waals surface area contributed by atoms with Crippen molar-refractivity contribution in [2.24, 2.45) is 23.2 Å². The second kappa shape index (κ2) is 8.74. The van der Waals surface area contributed by atoms with Crippen molar-refractivity contribution in [3.8, 4) is 11.5 Å². The lowest BCUT2D eigenvalue weighted by Crippen LogP contribution is -2.48. The van der Waals surface area contributed by atoms with Crippen molar-refractivity contribution in [2.75, 3.05) is 5.32 Å². The third-order valence-corrected chi connectivity index (χ3v) is 8.63. The predicted octanol–water partition coefficient (Wildman–Crippen LogP) is 7.04. The third-order valence-electron chi connectivity index (χ3n) is 8.42. The Bertz CT molecular complexity index is 1240. The van der Waals surface area contributed by atoms with Gasteiger partial charge in [0.1, 0.15) is 5.52 Å². The largest absolute Gasteiger partial charge is 0.436 e. The number of nitrogens with one attached hydrogen (secondary N) is 2. The maximum absolute atomic E-state index is 12.9. The molecule has 2 N–H and O–H groups in total. The highest BCUT2D eigenvalue weighted by Gasteiger charge is 2.51. The minimum Gasteiger partial charge on any atom is -0.436 e. The van der Waals surface area contributed by atoms with E-state index in [1.807, 2.05) is 30.3 Å². The lowest BCUT2D eigenvalue weighted by Gasteiger charge is -2.56. The number of rotatable bonds is 5. The molecule has 0 aliphatic heterocycles. The van der Waals surface area contributed by atoms with E-state index in [-0.39, 0.29) is 11.3 Å². The summed E-state index contributed by atoms with van der Waals surface area (Å²) in [5.74, 6) is 3.62. The molecule has 2 aromatic carbocycles. The minimum absolute atomic E-state index is 0.0494. The Balaban J connectivity index is 1.07. The van der Waals surface area contributed by atoms with Gasteiger partial charge in [0, 0.05) is 17.7 Å². The molecule has 1 heterocycles. The van der Waals surface area contributed by atoms with Gasteiger partial charge >= 0.3 is 0 Å². The van der Waals surface area contributed by atoms with Gasteiger partial charge in [0.25, 0.3) is 0 Å². The Kier molecular flexibility index (Phi) is 5.67. The van der Waals surface area contributed by atoms with Gasteiger partial charge in [-0.1, -0.05) is 19.9 Å². The molecule has 0 saturated heterocycles. The summed E-state index contributed by atoms with van der Waals surface area (Å²) in [4.78, 5) is 17.5. The number of hydrogen-bond acceptors (Lipinski definition) is 4. The van der Waals surface area contributed by atoms with E-state index in [4.69, 9.17) is 16.6 Å². The number of fused-ring (bicyclic) bond motifs is 1. The van der Waals surface area contributed by atoms with Crippen LogP contribution >= 0.6 is 12.2 Å². The van der Waals surface area contributed by atoms with Crippen molar-refractivity contribution in [3.05, 3.63) is 48.0 Å². The summed E-state index contributed by atoms with van der Waals surface area (Å²) in [7, 11) is 0. The number of aromatic nitrogens is 1. The van der Waals surface area contributed by atoms with E-state index >= 15 is 0 Å². The van der Waals surface area contributed by atoms with Crippen LogP contribution in [0.25, 0.3) is 22.6 Å². The zero-order chi connectivity index (χ0) is 24.2. The number of amides is 1. The minimum atomic E-state index is 0.0494. The van der Waals surface area contributed by atoms with Crippen molar-refractivity contribution in [1.29, 1.82) is 0 Å². The lowest BCUT2D eigenvalue weighted by molar-refractivity contribution is -0.127. The van der Waals surface area contributed by atoms with Crippen molar-refractivity contribution in [3.63, 3.8) is 0 Å². The van der Waals surface area contributed by atoms with Gasteiger partial charge in [-0.3, -0.25) is 4.79 Å². The second-order valence-electron chi connectivity index (χ2n) is 11.6. The van der Waals surface area contributed by atoms with E-state index < -0.39 is 0 Å². The number of anilines is 1. The first-order valence-corrected chi connectivity index (χ1v) is 13.4. The highest BCUT2D eigenvalue weighted by molar-refractivity contribution is 7.80. The fourth-order valence-electron chi connectivity index (χ4n) is 7.30. The summed E-state index contributed by atoms with van der Waals surface area (Å²) >= 11 is 5.45. The van der Waals surface area contributed by atoms with Crippen LogP contribution in [0.1, 0.15) is 70.3 Å². The summed E-state index contributed by atoms with van der Waals surface area (Å²) in [6, 6.07) is 13.9. The molecule has 5 nitrogen and oxygen atoms in total. The van der Waals surface area contributed by atoms with Crippen LogP contribution in [0.3, 0.4) is 0 Å². The Morgan fingerprint density at radius 1 is 1.06 bits per heavy atom. The van der Waals surface area contributed by atoms with Crippen LogP contribution in [-0.4, -0.2) is 16.0 Å². The van der Waals surface area contributed by atoms with Gasteiger partial charge in [0.05, 0.1) is 0 Å². The van der Waals surface area contributed by atoms with Crippen LogP contribution in [0, 0.1) is 23.2 Å². The molecule has 182 valence electrons. The number of carbonyl (C=O) groups excluding carboxylic acids is 1. The first-order valence-electron chi connectivity index (χ1n) is 13.0. The summed E-state index contributed by atoms with van der Waals surface area (Å²) in [5, 5.41) is 6.44. The van der Waals surface area contributed by atoms with Gasteiger partial charge < -0.3 is 15.1 Å². The molecule has 3 aromatic rings. The zero-order valence-electron chi connectivity index (χ0n) is 20.5. The molecular weight excluding hydrogens is 454 g/mol. The van der Waals surface area contributed by atoms with Crippen LogP contribution in [0.5, 0.6) is 0 Å². The average Bonchev–Trinajstić information content (AvgIpc) is 3.21. The molecule has 4 aliphatic rings. The van der Waals surface area contributed by atoms with E-state index in [2.05, 4.69) is 41.6 Å². The quantitative estimate of drug-likeness (QED) is 0.378. The molecule has 6 heteroatoms. The van der Waals surface area contributed by atoms with Gasteiger partial charge in [0.2, 0.25) is 11.8 Å². The SMILES string of the molecule is CC(C)c1ccc2oc(-c3ccc(NC(=S)NC(=O)CC45CC6CC(CC(C6)C4)C5)cc3)nc2c1. The molecule has 4 bridgehead atoms. The van der Waals surface area contributed by atoms with Gasteiger partial charge in [-0.15, -0.1) is 0 Å². The Morgan fingerprint density at radius 2 is 1.71 bits per heavy atom. The summed E-state index contributed by atoms with van der Waals surface area (Å²) < 4.78 is 5.96. The fourth-order valence-corrected chi connectivity index (χ4v) is 7.54. The molecule has 1 amide bonds. The van der Waals surface area contributed by atoms with Crippen molar-refractivity contribution in [1.82, 2.24) is 10.3 Å². The standard InChI is InChI=1S/C29H33N3O2S/c1-17(2)22-5-8-25-24(12-22)31-27(34-25)21-3-6-23(7-4-21)30-28(35)32-26(33)16-29-13-18-9-19(14-29)11-20(10-18)15-29/h3-8,12,17-20H,9-11,13-16H2,1-2H3,(H2,30,32,33,35). The maximum atomic E-state index is 12.9. The van der Waals surface area contributed by atoms with Crippen LogP contribution < -0.4 is 10.6 Å². The van der Waals surface area contributed by atoms with Crippen LogP contribution in [0.4, 0.5) is 5.69 Å². The van der Waals surface area contributed by atoms with E-state index in [0.29, 0.717) is 23.3 Å². The highest BCUT2D eigenvalue weighted by atomic mass is 32.1. The number of nitrogens with zero attached hydrogens (tertiary/aromatic N) is 1. The summed E-state index contributed by atoms with van der Waals surface area (Å²) in [6.07, 6.45) is 8.44. The molecule has 4 aliphatic carbocycles. The average molecular weight is 488 g/mol. The maximum Gasteiger partial charge on any atom is 0.227 e. The fraction of sp³-hybridized carbons (Fsp3) is 0.483. The molecule has 0 atom stereocenters. The van der Waals surface area contributed by atoms with E-state index in [1.54, 1.807) is 0 Å². The van der Waals surface area contributed by atoms with E-state index in [9.17, 15) is 4.79 Å². The smallest absolute Gasteiger partial charge is 0.227 e. The third kappa shape index (κ3) is 4.61. The van der Waals surface area contributed by atoms with E-state index in [0.717, 1.165) is 40.1 Å². The monoisotopic (exact) mass is 487 g/mol. The molecule has 0 radical (unpaired) electrons. The lowest BCUT2D eigenvalue weighted by atomic mass is 9.49. The van der Waals surface area contributed by atoms with Crippen molar-refractivity contribution in [2.45, 2.75) is 64.7 Å². The van der Waals surface area contributed by atoms with Crippen molar-refractivity contribution < 1.29 is 9.21 Å².